The Labute approximate surface area is 242 Å². The molecular weight excluding hydrogens is 557 g/mol. The molecule has 3 aromatic heterocycles. The lowest BCUT2D eigenvalue weighted by molar-refractivity contribution is 0.0747. The molecule has 2 fully saturated rings. The van der Waals surface area contributed by atoms with Crippen LogP contribution in [0.4, 0.5) is 4.39 Å². The van der Waals surface area contributed by atoms with E-state index in [0.717, 1.165) is 40.9 Å². The molecule has 12 heteroatoms. The molecular formula is C30H30FN7O3S. The highest BCUT2D eigenvalue weighted by Gasteiger charge is 2.51. The summed E-state index contributed by atoms with van der Waals surface area (Å²) in [4.78, 5) is 20.3. The van der Waals surface area contributed by atoms with E-state index < -0.39 is 21.5 Å². The van der Waals surface area contributed by atoms with Gasteiger partial charge < -0.3 is 0 Å². The van der Waals surface area contributed by atoms with Gasteiger partial charge >= 0.3 is 0 Å². The summed E-state index contributed by atoms with van der Waals surface area (Å²) in [6, 6.07) is 9.56. The Balaban J connectivity index is 1.30. The van der Waals surface area contributed by atoms with E-state index in [4.69, 9.17) is 0 Å². The number of allylic oxidation sites excluding steroid dienone is 1. The van der Waals surface area contributed by atoms with Gasteiger partial charge in [-0.2, -0.15) is 19.3 Å². The maximum atomic E-state index is 14.6. The monoisotopic (exact) mass is 587 g/mol. The number of benzene rings is 1. The summed E-state index contributed by atoms with van der Waals surface area (Å²) in [5.41, 5.74) is 3.90. The Morgan fingerprint density at radius 3 is 2.60 bits per heavy atom. The van der Waals surface area contributed by atoms with Crippen molar-refractivity contribution in [3.8, 4) is 5.69 Å². The van der Waals surface area contributed by atoms with Gasteiger partial charge in [-0.3, -0.25) is 9.78 Å². The Hall–Kier alpha value is -4.03. The second kappa shape index (κ2) is 9.77. The highest BCUT2D eigenvalue weighted by Crippen LogP contribution is 2.51. The largest absolute Gasteiger partial charge is 0.291 e. The molecule has 0 radical (unpaired) electrons. The number of rotatable bonds is 7. The van der Waals surface area contributed by atoms with Gasteiger partial charge in [0.1, 0.15) is 11.5 Å². The maximum absolute atomic E-state index is 14.6. The summed E-state index contributed by atoms with van der Waals surface area (Å²) in [6.07, 6.45) is 10.6. The van der Waals surface area contributed by atoms with Crippen LogP contribution in [0.3, 0.4) is 0 Å². The van der Waals surface area contributed by atoms with Crippen molar-refractivity contribution in [3.05, 3.63) is 88.9 Å². The van der Waals surface area contributed by atoms with Crippen LogP contribution in [0, 0.1) is 11.2 Å². The molecule has 3 aliphatic carbocycles. The average molecular weight is 588 g/mol. The van der Waals surface area contributed by atoms with Crippen LogP contribution in [0.25, 0.3) is 11.8 Å². The van der Waals surface area contributed by atoms with Gasteiger partial charge in [-0.25, -0.2) is 17.5 Å². The van der Waals surface area contributed by atoms with E-state index in [1.54, 1.807) is 43.3 Å². The van der Waals surface area contributed by atoms with E-state index in [9.17, 15) is 17.6 Å². The minimum atomic E-state index is -3.93. The topological polar surface area (TPSA) is 116 Å². The number of carbonyl (C=O) groups is 1. The first kappa shape index (κ1) is 26.8. The molecule has 216 valence electrons. The molecule has 3 aliphatic rings. The summed E-state index contributed by atoms with van der Waals surface area (Å²) in [5.74, 6) is 0.0234. The molecule has 42 heavy (non-hydrogen) atoms. The fraction of sp³-hybridized carbons (Fsp3) is 0.367. The van der Waals surface area contributed by atoms with E-state index in [1.807, 2.05) is 18.2 Å². The number of pyridine rings is 1. The number of ketones is 1. The first-order chi connectivity index (χ1) is 20.2. The number of fused-ring (bicyclic) bond motifs is 2. The molecule has 0 aliphatic heterocycles. The van der Waals surface area contributed by atoms with Gasteiger partial charge in [0.15, 0.2) is 5.78 Å². The Kier molecular flexibility index (Phi) is 6.24. The van der Waals surface area contributed by atoms with Crippen LogP contribution >= 0.6 is 0 Å². The van der Waals surface area contributed by atoms with Crippen LogP contribution in [0.1, 0.15) is 65.3 Å². The summed E-state index contributed by atoms with van der Waals surface area (Å²) < 4.78 is 43.8. The Morgan fingerprint density at radius 1 is 1.10 bits per heavy atom. The molecule has 4 aromatic rings. The molecule has 2 atom stereocenters. The lowest BCUT2D eigenvalue weighted by Crippen LogP contribution is -2.49. The number of aryl methyl sites for hydroxylation is 1. The normalized spacial score (nSPS) is 22.0. The fourth-order valence-corrected chi connectivity index (χ4v) is 7.73. The summed E-state index contributed by atoms with van der Waals surface area (Å²) in [7, 11) is -0.815. The molecule has 1 aromatic carbocycles. The number of hydrogen-bond donors (Lipinski definition) is 0. The molecule has 0 amide bonds. The van der Waals surface area contributed by atoms with Crippen LogP contribution in [0.5, 0.6) is 0 Å². The minimum Gasteiger partial charge on any atom is -0.291 e. The van der Waals surface area contributed by atoms with E-state index in [0.29, 0.717) is 37.3 Å². The summed E-state index contributed by atoms with van der Waals surface area (Å²) >= 11 is 0. The predicted octanol–water partition coefficient (Wildman–Crippen LogP) is 4.09. The lowest BCUT2D eigenvalue weighted by atomic mass is 9.60. The van der Waals surface area contributed by atoms with Crippen molar-refractivity contribution in [1.29, 1.82) is 0 Å². The van der Waals surface area contributed by atoms with Crippen molar-refractivity contribution in [1.82, 2.24) is 34.1 Å². The minimum absolute atomic E-state index is 0.105. The molecule has 7 rings (SSSR count). The van der Waals surface area contributed by atoms with Crippen molar-refractivity contribution in [2.45, 2.75) is 55.5 Å². The highest BCUT2D eigenvalue weighted by molar-refractivity contribution is 7.89. The quantitative estimate of drug-likeness (QED) is 0.299. The van der Waals surface area contributed by atoms with E-state index in [2.05, 4.69) is 20.3 Å². The third kappa shape index (κ3) is 4.40. The number of aromatic nitrogens is 6. The highest BCUT2D eigenvalue weighted by atomic mass is 32.2. The molecule has 0 unspecified atom stereocenters. The van der Waals surface area contributed by atoms with Crippen LogP contribution in [0.15, 0.2) is 65.6 Å². The zero-order chi connectivity index (χ0) is 29.2. The second-order valence-electron chi connectivity index (χ2n) is 11.5. The number of hydrogen-bond acceptors (Lipinski definition) is 7. The number of nitrogens with zero attached hydrogens (tertiary/aromatic N) is 7. The van der Waals surface area contributed by atoms with Crippen molar-refractivity contribution >= 4 is 21.9 Å². The first-order valence-electron chi connectivity index (χ1n) is 14.0. The number of carbonyl (C=O) groups excluding carboxylic acids is 1. The van der Waals surface area contributed by atoms with Crippen molar-refractivity contribution in [3.63, 3.8) is 0 Å². The van der Waals surface area contributed by atoms with Crippen LogP contribution in [-0.2, 0) is 23.5 Å². The van der Waals surface area contributed by atoms with E-state index in [-0.39, 0.29) is 16.6 Å². The smallest absolute Gasteiger partial charge is 0.264 e. The Bertz CT molecular complexity index is 1840. The van der Waals surface area contributed by atoms with Gasteiger partial charge in [-0.1, -0.05) is 5.57 Å². The zero-order valence-electron chi connectivity index (χ0n) is 23.3. The van der Waals surface area contributed by atoms with Crippen molar-refractivity contribution < 1.29 is 17.6 Å². The van der Waals surface area contributed by atoms with Crippen LogP contribution in [-0.4, -0.2) is 61.4 Å². The van der Waals surface area contributed by atoms with Gasteiger partial charge in [-0.05, 0) is 98.0 Å². The SMILES string of the molecule is CN([C@H]1CCC2=Cc3c(cnn3-c3ccc(F)cc3)C[C@]2(C(=O)c2cc(C3CC3)ccn2)C1)S(=O)(=O)c1cnn(C)n1. The third-order valence-electron chi connectivity index (χ3n) is 8.94. The van der Waals surface area contributed by atoms with E-state index >= 15 is 0 Å². The second-order valence-corrected chi connectivity index (χ2v) is 13.5. The molecule has 0 N–H and O–H groups in total. The fourth-order valence-electron chi connectivity index (χ4n) is 6.46. The van der Waals surface area contributed by atoms with Gasteiger partial charge in [0.2, 0.25) is 5.03 Å². The van der Waals surface area contributed by atoms with Gasteiger partial charge in [0.05, 0.1) is 29.2 Å². The Morgan fingerprint density at radius 2 is 1.88 bits per heavy atom. The van der Waals surface area contributed by atoms with Crippen LogP contribution in [0.2, 0.25) is 0 Å². The van der Waals surface area contributed by atoms with Crippen LogP contribution < -0.4 is 0 Å². The molecule has 10 nitrogen and oxygen atoms in total. The van der Waals surface area contributed by atoms with Gasteiger partial charge in [-0.15, -0.1) is 5.10 Å². The molecule has 0 bridgehead atoms. The summed E-state index contributed by atoms with van der Waals surface area (Å²) in [6.45, 7) is 0. The van der Waals surface area contributed by atoms with Crippen molar-refractivity contribution in [2.75, 3.05) is 7.05 Å². The zero-order valence-corrected chi connectivity index (χ0v) is 24.1. The lowest BCUT2D eigenvalue weighted by Gasteiger charge is -2.45. The molecule has 2 saturated carbocycles. The summed E-state index contributed by atoms with van der Waals surface area (Å²) in [5, 5.41) is 12.4. The maximum Gasteiger partial charge on any atom is 0.264 e. The number of Topliss-reactive ketones (excluding diaryl/α,β-unsaturated/α-hetero) is 1. The number of sulfonamides is 1. The molecule has 3 heterocycles. The predicted molar refractivity (Wildman–Crippen MR) is 152 cm³/mol. The van der Waals surface area contributed by atoms with Gasteiger partial charge in [0.25, 0.3) is 10.0 Å². The van der Waals surface area contributed by atoms with E-state index in [1.165, 1.54) is 27.4 Å². The standard InChI is InChI=1S/C30H30FN7O3S/c1-36(42(40,41)28-18-33-37(2)35-28)25-8-5-22-14-27-21(17-34-38(27)24-9-6-23(31)7-10-24)15-30(22,16-25)29(39)26-13-20(11-12-32-26)19-3-4-19/h6-7,9-14,17-19,25H,3-5,8,15-16H2,1-2H3/t25-,30-/m0/s1. The molecule has 0 saturated heterocycles. The average Bonchev–Trinajstić information content (AvgIpc) is 3.63. The molecule has 0 spiro atoms. The van der Waals surface area contributed by atoms with Gasteiger partial charge in [0, 0.05) is 26.3 Å². The first-order valence-corrected chi connectivity index (χ1v) is 15.5. The number of halogens is 1. The third-order valence-corrected chi connectivity index (χ3v) is 10.7. The van der Waals surface area contributed by atoms with Crippen molar-refractivity contribution in [2.24, 2.45) is 12.5 Å².